The molecule has 2 heterocycles. The Kier molecular flexibility index (Phi) is 5.92. The predicted molar refractivity (Wildman–Crippen MR) is 101 cm³/mol. The maximum atomic E-state index is 12.4. The van der Waals surface area contributed by atoms with Crippen molar-refractivity contribution in [3.8, 4) is 5.69 Å². The third-order valence-electron chi connectivity index (χ3n) is 4.42. The van der Waals surface area contributed by atoms with Crippen molar-refractivity contribution in [3.05, 3.63) is 30.6 Å². The summed E-state index contributed by atoms with van der Waals surface area (Å²) in [4.78, 5) is 25.6. The van der Waals surface area contributed by atoms with E-state index in [4.69, 9.17) is 0 Å². The van der Waals surface area contributed by atoms with E-state index in [1.165, 1.54) is 18.7 Å². The Morgan fingerprint density at radius 2 is 2.08 bits per heavy atom. The van der Waals surface area contributed by atoms with E-state index in [9.17, 15) is 9.59 Å². The lowest BCUT2D eigenvalue weighted by Gasteiger charge is -2.30. The number of aromatic nitrogens is 3. The first-order valence-corrected chi connectivity index (χ1v) is 9.70. The van der Waals surface area contributed by atoms with Crippen LogP contribution in [-0.4, -0.2) is 50.3 Å². The molecule has 0 atom stereocenters. The molecular weight excluding hydrogens is 350 g/mol. The molecule has 2 aromatic rings. The lowest BCUT2D eigenvalue weighted by atomic mass is 9.99. The van der Waals surface area contributed by atoms with Gasteiger partial charge >= 0.3 is 0 Å². The van der Waals surface area contributed by atoms with E-state index < -0.39 is 0 Å². The molecule has 1 N–H and O–H groups in total. The van der Waals surface area contributed by atoms with Crippen LogP contribution in [0.25, 0.3) is 5.69 Å². The SMILES string of the molecule is CC(=O)Nc1cccc(-n2cnnc2SCC(=O)N2CCC(C)CC2)c1. The highest BCUT2D eigenvalue weighted by atomic mass is 32.2. The number of carbonyl (C=O) groups is 2. The average molecular weight is 373 g/mol. The highest BCUT2D eigenvalue weighted by Gasteiger charge is 2.21. The van der Waals surface area contributed by atoms with Crippen molar-refractivity contribution in [3.63, 3.8) is 0 Å². The zero-order valence-electron chi connectivity index (χ0n) is 15.0. The second-order valence-electron chi connectivity index (χ2n) is 6.57. The Hall–Kier alpha value is -2.35. The molecule has 0 saturated carbocycles. The van der Waals surface area contributed by atoms with Crippen molar-refractivity contribution in [2.24, 2.45) is 5.92 Å². The second kappa shape index (κ2) is 8.35. The number of likely N-dealkylation sites (tertiary alicyclic amines) is 1. The van der Waals surface area contributed by atoms with Crippen LogP contribution in [0.1, 0.15) is 26.7 Å². The van der Waals surface area contributed by atoms with Gasteiger partial charge in [0.2, 0.25) is 11.8 Å². The van der Waals surface area contributed by atoms with Gasteiger partial charge in [0.25, 0.3) is 0 Å². The molecule has 7 nitrogen and oxygen atoms in total. The van der Waals surface area contributed by atoms with E-state index in [0.717, 1.165) is 31.6 Å². The second-order valence-corrected chi connectivity index (χ2v) is 7.51. The van der Waals surface area contributed by atoms with Gasteiger partial charge in [-0.1, -0.05) is 24.8 Å². The molecule has 26 heavy (non-hydrogen) atoms. The zero-order chi connectivity index (χ0) is 18.5. The highest BCUT2D eigenvalue weighted by Crippen LogP contribution is 2.23. The molecule has 1 aromatic heterocycles. The van der Waals surface area contributed by atoms with Crippen molar-refractivity contribution in [2.45, 2.75) is 31.8 Å². The normalized spacial score (nSPS) is 15.1. The van der Waals surface area contributed by atoms with Gasteiger partial charge in [-0.15, -0.1) is 10.2 Å². The molecular formula is C18H23N5O2S. The Morgan fingerprint density at radius 3 is 2.81 bits per heavy atom. The standard InChI is InChI=1S/C18H23N5O2S/c1-13-6-8-22(9-7-13)17(25)11-26-18-21-19-12-23(18)16-5-3-4-15(10-16)20-14(2)24/h3-5,10,12-13H,6-9,11H2,1-2H3,(H,20,24). The van der Waals surface area contributed by atoms with Crippen LogP contribution in [0.5, 0.6) is 0 Å². The fourth-order valence-electron chi connectivity index (χ4n) is 2.91. The fourth-order valence-corrected chi connectivity index (χ4v) is 3.74. The Labute approximate surface area is 157 Å². The van der Waals surface area contributed by atoms with E-state index >= 15 is 0 Å². The summed E-state index contributed by atoms with van der Waals surface area (Å²) < 4.78 is 1.82. The number of hydrogen-bond acceptors (Lipinski definition) is 5. The molecule has 1 aliphatic rings. The molecule has 0 unspecified atom stereocenters. The molecule has 0 spiro atoms. The molecule has 1 fully saturated rings. The van der Waals surface area contributed by atoms with Crippen molar-refractivity contribution in [1.29, 1.82) is 0 Å². The third kappa shape index (κ3) is 4.63. The van der Waals surface area contributed by atoms with Gasteiger partial charge in [-0.05, 0) is 37.0 Å². The number of carbonyl (C=O) groups excluding carboxylic acids is 2. The van der Waals surface area contributed by atoms with E-state index in [1.807, 2.05) is 33.7 Å². The van der Waals surface area contributed by atoms with Crippen molar-refractivity contribution in [2.75, 3.05) is 24.2 Å². The van der Waals surface area contributed by atoms with Crippen LogP contribution >= 0.6 is 11.8 Å². The van der Waals surface area contributed by atoms with Gasteiger partial charge in [0.05, 0.1) is 11.4 Å². The van der Waals surface area contributed by atoms with Crippen molar-refractivity contribution in [1.82, 2.24) is 19.7 Å². The molecule has 1 aromatic carbocycles. The summed E-state index contributed by atoms with van der Waals surface area (Å²) in [5.74, 6) is 1.06. The Bertz CT molecular complexity index is 783. The number of piperidine rings is 1. The minimum atomic E-state index is -0.123. The minimum absolute atomic E-state index is 0.123. The largest absolute Gasteiger partial charge is 0.342 e. The van der Waals surface area contributed by atoms with Crippen LogP contribution in [0, 0.1) is 5.92 Å². The summed E-state index contributed by atoms with van der Waals surface area (Å²) in [7, 11) is 0. The fraction of sp³-hybridized carbons (Fsp3) is 0.444. The number of hydrogen-bond donors (Lipinski definition) is 1. The molecule has 0 radical (unpaired) electrons. The summed E-state index contributed by atoms with van der Waals surface area (Å²) >= 11 is 1.38. The summed E-state index contributed by atoms with van der Waals surface area (Å²) in [6.45, 7) is 5.38. The van der Waals surface area contributed by atoms with Gasteiger partial charge in [-0.2, -0.15) is 0 Å². The lowest BCUT2D eigenvalue weighted by molar-refractivity contribution is -0.129. The van der Waals surface area contributed by atoms with Crippen LogP contribution < -0.4 is 5.32 Å². The molecule has 138 valence electrons. The van der Waals surface area contributed by atoms with Crippen molar-refractivity contribution >= 4 is 29.3 Å². The van der Waals surface area contributed by atoms with E-state index in [-0.39, 0.29) is 11.8 Å². The third-order valence-corrected chi connectivity index (χ3v) is 5.35. The quantitative estimate of drug-likeness (QED) is 0.815. The summed E-state index contributed by atoms with van der Waals surface area (Å²) in [6.07, 6.45) is 3.76. The number of nitrogens with zero attached hydrogens (tertiary/aromatic N) is 4. The molecule has 3 rings (SSSR count). The van der Waals surface area contributed by atoms with Gasteiger partial charge in [-0.3, -0.25) is 14.2 Å². The topological polar surface area (TPSA) is 80.1 Å². The first-order valence-electron chi connectivity index (χ1n) is 8.71. The van der Waals surface area contributed by atoms with Gasteiger partial charge in [-0.25, -0.2) is 0 Å². The molecule has 1 aliphatic heterocycles. The number of rotatable bonds is 5. The molecule has 8 heteroatoms. The van der Waals surface area contributed by atoms with Crippen LogP contribution in [0.2, 0.25) is 0 Å². The number of nitrogens with one attached hydrogen (secondary N) is 1. The summed E-state index contributed by atoms with van der Waals surface area (Å²) in [5.41, 5.74) is 1.54. The van der Waals surface area contributed by atoms with Crippen LogP contribution in [0.4, 0.5) is 5.69 Å². The monoisotopic (exact) mass is 373 g/mol. The number of thioether (sulfide) groups is 1. The van der Waals surface area contributed by atoms with E-state index in [1.54, 1.807) is 6.33 Å². The van der Waals surface area contributed by atoms with Gasteiger partial charge < -0.3 is 10.2 Å². The van der Waals surface area contributed by atoms with Crippen LogP contribution in [-0.2, 0) is 9.59 Å². The first-order chi connectivity index (χ1) is 12.5. The highest BCUT2D eigenvalue weighted by molar-refractivity contribution is 7.99. The Balaban J connectivity index is 1.65. The summed E-state index contributed by atoms with van der Waals surface area (Å²) in [6, 6.07) is 7.44. The summed E-state index contributed by atoms with van der Waals surface area (Å²) in [5, 5.41) is 11.5. The lowest BCUT2D eigenvalue weighted by Crippen LogP contribution is -2.38. The number of benzene rings is 1. The maximum absolute atomic E-state index is 12.4. The Morgan fingerprint density at radius 1 is 1.31 bits per heavy atom. The minimum Gasteiger partial charge on any atom is -0.342 e. The van der Waals surface area contributed by atoms with Crippen LogP contribution in [0.15, 0.2) is 35.7 Å². The van der Waals surface area contributed by atoms with E-state index in [0.29, 0.717) is 22.5 Å². The van der Waals surface area contributed by atoms with Gasteiger partial charge in [0.15, 0.2) is 5.16 Å². The molecule has 0 aliphatic carbocycles. The first kappa shape index (κ1) is 18.4. The van der Waals surface area contributed by atoms with E-state index in [2.05, 4.69) is 22.4 Å². The van der Waals surface area contributed by atoms with Gasteiger partial charge in [0.1, 0.15) is 6.33 Å². The molecule has 1 saturated heterocycles. The average Bonchev–Trinajstić information content (AvgIpc) is 3.08. The smallest absolute Gasteiger partial charge is 0.233 e. The maximum Gasteiger partial charge on any atom is 0.233 e. The van der Waals surface area contributed by atoms with Crippen molar-refractivity contribution < 1.29 is 9.59 Å². The van der Waals surface area contributed by atoms with Gasteiger partial charge in [0, 0.05) is 25.7 Å². The zero-order valence-corrected chi connectivity index (χ0v) is 15.8. The van der Waals surface area contributed by atoms with Crippen LogP contribution in [0.3, 0.4) is 0 Å². The molecule has 0 bridgehead atoms. The molecule has 2 amide bonds. The predicted octanol–water partition coefficient (Wildman–Crippen LogP) is 2.58. The number of anilines is 1. The number of amides is 2.